The Morgan fingerprint density at radius 1 is 1.03 bits per heavy atom. The Labute approximate surface area is 180 Å². The van der Waals surface area contributed by atoms with Crippen molar-refractivity contribution in [3.8, 4) is 5.75 Å². The van der Waals surface area contributed by atoms with Crippen molar-refractivity contribution in [1.82, 2.24) is 10.2 Å². The molecule has 0 aliphatic heterocycles. The molecule has 1 unspecified atom stereocenters. The smallest absolute Gasteiger partial charge is 0.242 e. The summed E-state index contributed by atoms with van der Waals surface area (Å²) in [6.45, 7) is 8.98. The molecule has 0 aromatic heterocycles. The number of carbonyl (C=O) groups is 2. The highest BCUT2D eigenvalue weighted by molar-refractivity contribution is 5.88. The highest BCUT2D eigenvalue weighted by Crippen LogP contribution is 2.19. The molecule has 0 saturated carbocycles. The van der Waals surface area contributed by atoms with E-state index in [-0.39, 0.29) is 18.2 Å². The van der Waals surface area contributed by atoms with Gasteiger partial charge in [-0.05, 0) is 49.9 Å². The summed E-state index contributed by atoms with van der Waals surface area (Å²) < 4.78 is 5.32. The van der Waals surface area contributed by atoms with E-state index in [1.807, 2.05) is 64.1 Å². The summed E-state index contributed by atoms with van der Waals surface area (Å²) in [5.74, 6) is 0.579. The van der Waals surface area contributed by atoms with Gasteiger partial charge in [0.1, 0.15) is 11.8 Å². The number of amides is 2. The van der Waals surface area contributed by atoms with Crippen molar-refractivity contribution >= 4 is 11.8 Å². The molecule has 5 nitrogen and oxygen atoms in total. The van der Waals surface area contributed by atoms with Gasteiger partial charge in [0.2, 0.25) is 11.8 Å². The van der Waals surface area contributed by atoms with Gasteiger partial charge in [0, 0.05) is 13.1 Å². The first kappa shape index (κ1) is 23.5. The lowest BCUT2D eigenvalue weighted by Crippen LogP contribution is -2.49. The summed E-state index contributed by atoms with van der Waals surface area (Å²) in [4.78, 5) is 27.9. The number of benzene rings is 2. The quantitative estimate of drug-likeness (QED) is 0.639. The molecule has 5 heteroatoms. The number of rotatable bonds is 10. The molecule has 0 fully saturated rings. The summed E-state index contributed by atoms with van der Waals surface area (Å²) in [6.07, 6.45) is 1.68. The van der Waals surface area contributed by atoms with Crippen LogP contribution in [0, 0.1) is 13.8 Å². The van der Waals surface area contributed by atoms with Crippen LogP contribution < -0.4 is 10.1 Å². The van der Waals surface area contributed by atoms with E-state index in [0.29, 0.717) is 19.5 Å². The van der Waals surface area contributed by atoms with Gasteiger partial charge in [-0.25, -0.2) is 0 Å². The highest BCUT2D eigenvalue weighted by Gasteiger charge is 2.28. The van der Waals surface area contributed by atoms with Crippen LogP contribution in [0.4, 0.5) is 0 Å². The minimum Gasteiger partial charge on any atom is -0.497 e. The van der Waals surface area contributed by atoms with Crippen LogP contribution in [-0.4, -0.2) is 36.4 Å². The third kappa shape index (κ3) is 6.61. The number of nitrogens with zero attached hydrogens (tertiary/aromatic N) is 1. The van der Waals surface area contributed by atoms with E-state index >= 15 is 0 Å². The van der Waals surface area contributed by atoms with Crippen molar-refractivity contribution in [2.45, 2.75) is 59.5 Å². The van der Waals surface area contributed by atoms with Crippen molar-refractivity contribution in [3.05, 3.63) is 64.7 Å². The van der Waals surface area contributed by atoms with E-state index in [0.717, 1.165) is 34.4 Å². The number of nitrogens with one attached hydrogen (secondary N) is 1. The summed E-state index contributed by atoms with van der Waals surface area (Å²) in [5, 5.41) is 2.95. The van der Waals surface area contributed by atoms with Gasteiger partial charge in [0.05, 0.1) is 13.5 Å². The molecule has 2 amide bonds. The zero-order valence-electron chi connectivity index (χ0n) is 18.8. The van der Waals surface area contributed by atoms with Gasteiger partial charge in [0.15, 0.2) is 0 Å². The zero-order chi connectivity index (χ0) is 22.1. The molecule has 0 saturated heterocycles. The van der Waals surface area contributed by atoms with Gasteiger partial charge >= 0.3 is 0 Å². The molecule has 0 aliphatic carbocycles. The van der Waals surface area contributed by atoms with Crippen molar-refractivity contribution < 1.29 is 14.3 Å². The van der Waals surface area contributed by atoms with Gasteiger partial charge in [-0.1, -0.05) is 55.3 Å². The molecule has 1 N–H and O–H groups in total. The second-order valence-corrected chi connectivity index (χ2v) is 7.76. The first-order valence-corrected chi connectivity index (χ1v) is 10.6. The number of methoxy groups -OCH3 is 1. The molecule has 2 aromatic rings. The lowest BCUT2D eigenvalue weighted by molar-refractivity contribution is -0.140. The second-order valence-electron chi connectivity index (χ2n) is 7.76. The predicted molar refractivity (Wildman–Crippen MR) is 121 cm³/mol. The number of hydrogen-bond donors (Lipinski definition) is 1. The maximum Gasteiger partial charge on any atom is 0.242 e. The van der Waals surface area contributed by atoms with Crippen molar-refractivity contribution in [3.63, 3.8) is 0 Å². The average molecular weight is 411 g/mol. The monoisotopic (exact) mass is 410 g/mol. The first-order chi connectivity index (χ1) is 14.4. The Morgan fingerprint density at radius 3 is 2.33 bits per heavy atom. The molecule has 2 aromatic carbocycles. The summed E-state index contributed by atoms with van der Waals surface area (Å²) in [7, 11) is 1.62. The zero-order valence-corrected chi connectivity index (χ0v) is 18.8. The van der Waals surface area contributed by atoms with Crippen LogP contribution in [0.15, 0.2) is 42.5 Å². The van der Waals surface area contributed by atoms with E-state index in [9.17, 15) is 9.59 Å². The molecule has 30 heavy (non-hydrogen) atoms. The van der Waals surface area contributed by atoms with Crippen LogP contribution in [0.25, 0.3) is 0 Å². The normalized spacial score (nSPS) is 11.6. The van der Waals surface area contributed by atoms with Gasteiger partial charge in [-0.15, -0.1) is 0 Å². The fraction of sp³-hybridized carbons (Fsp3) is 0.440. The SMILES string of the molecule is CCCNC(=O)C(CC)N(Cc1cccc(OC)c1)C(=O)Cc1cc(C)cc(C)c1. The Bertz CT molecular complexity index is 843. The van der Waals surface area contributed by atoms with Crippen molar-refractivity contribution in [1.29, 1.82) is 0 Å². The average Bonchev–Trinajstić information content (AvgIpc) is 2.71. The standard InChI is InChI=1S/C25H34N2O3/c1-6-11-26-25(29)23(7-2)27(17-20-9-8-10-22(15-20)30-5)24(28)16-21-13-18(3)12-19(4)14-21/h8-10,12-15,23H,6-7,11,16-17H2,1-5H3,(H,26,29). The molecule has 0 radical (unpaired) electrons. The fourth-order valence-electron chi connectivity index (χ4n) is 3.70. The minimum absolute atomic E-state index is 0.0543. The van der Waals surface area contributed by atoms with Crippen LogP contribution in [0.3, 0.4) is 0 Å². The molecule has 162 valence electrons. The van der Waals surface area contributed by atoms with E-state index in [4.69, 9.17) is 4.74 Å². The Balaban J connectivity index is 2.32. The van der Waals surface area contributed by atoms with Crippen LogP contribution in [0.5, 0.6) is 5.75 Å². The maximum atomic E-state index is 13.4. The summed E-state index contributed by atoms with van der Waals surface area (Å²) >= 11 is 0. The topological polar surface area (TPSA) is 58.6 Å². The first-order valence-electron chi connectivity index (χ1n) is 10.6. The maximum absolute atomic E-state index is 13.4. The summed E-state index contributed by atoms with van der Waals surface area (Å²) in [5.41, 5.74) is 4.16. The number of hydrogen-bond acceptors (Lipinski definition) is 3. The van der Waals surface area contributed by atoms with Crippen molar-refractivity contribution in [2.24, 2.45) is 0 Å². The van der Waals surface area contributed by atoms with E-state index in [2.05, 4.69) is 11.4 Å². The molecular formula is C25H34N2O3. The summed E-state index contributed by atoms with van der Waals surface area (Å²) in [6, 6.07) is 13.3. The lowest BCUT2D eigenvalue weighted by Gasteiger charge is -2.31. The van der Waals surface area contributed by atoms with Gasteiger partial charge in [-0.2, -0.15) is 0 Å². The third-order valence-electron chi connectivity index (χ3n) is 5.06. The Kier molecular flexibility index (Phi) is 8.90. The van der Waals surface area contributed by atoms with Crippen molar-refractivity contribution in [2.75, 3.05) is 13.7 Å². The van der Waals surface area contributed by atoms with Gasteiger partial charge < -0.3 is 15.0 Å². The Morgan fingerprint density at radius 2 is 1.73 bits per heavy atom. The van der Waals surface area contributed by atoms with E-state index in [1.54, 1.807) is 12.0 Å². The lowest BCUT2D eigenvalue weighted by atomic mass is 10.0. The molecule has 0 heterocycles. The van der Waals surface area contributed by atoms with Crippen LogP contribution in [0.1, 0.15) is 48.9 Å². The highest BCUT2D eigenvalue weighted by atomic mass is 16.5. The molecule has 1 atom stereocenters. The van der Waals surface area contributed by atoms with Crippen LogP contribution in [-0.2, 0) is 22.6 Å². The largest absolute Gasteiger partial charge is 0.497 e. The second kappa shape index (κ2) is 11.4. The number of aryl methyl sites for hydroxylation is 2. The number of ether oxygens (including phenoxy) is 1. The minimum atomic E-state index is -0.513. The van der Waals surface area contributed by atoms with Gasteiger partial charge in [-0.3, -0.25) is 9.59 Å². The molecule has 0 spiro atoms. The van der Waals surface area contributed by atoms with Gasteiger partial charge in [0.25, 0.3) is 0 Å². The van der Waals surface area contributed by atoms with E-state index < -0.39 is 6.04 Å². The molecule has 0 aliphatic rings. The third-order valence-corrected chi connectivity index (χ3v) is 5.06. The molecular weight excluding hydrogens is 376 g/mol. The fourth-order valence-corrected chi connectivity index (χ4v) is 3.70. The number of carbonyl (C=O) groups excluding carboxylic acids is 2. The van der Waals surface area contributed by atoms with Crippen LogP contribution in [0.2, 0.25) is 0 Å². The Hall–Kier alpha value is -2.82. The van der Waals surface area contributed by atoms with E-state index in [1.165, 1.54) is 0 Å². The molecule has 0 bridgehead atoms. The van der Waals surface area contributed by atoms with Crippen LogP contribution >= 0.6 is 0 Å². The predicted octanol–water partition coefficient (Wildman–Crippen LogP) is 4.19. The molecule has 2 rings (SSSR count).